The number of carbonyl (C=O) groups is 3. The van der Waals surface area contributed by atoms with Gasteiger partial charge in [0.1, 0.15) is 11.7 Å². The minimum absolute atomic E-state index is 0.257. The Kier molecular flexibility index (Phi) is 5.59. The minimum atomic E-state index is -0.873. The lowest BCUT2D eigenvalue weighted by Crippen LogP contribution is -2.52. The summed E-state index contributed by atoms with van der Waals surface area (Å²) in [6.45, 7) is 1.98. The highest BCUT2D eigenvalue weighted by molar-refractivity contribution is 7.13. The van der Waals surface area contributed by atoms with E-state index >= 15 is 0 Å². The molecule has 0 spiro atoms. The van der Waals surface area contributed by atoms with Crippen molar-refractivity contribution in [3.63, 3.8) is 0 Å². The maximum Gasteiger partial charge on any atom is 0.280 e. The van der Waals surface area contributed by atoms with E-state index in [1.54, 1.807) is 31.3 Å². The van der Waals surface area contributed by atoms with E-state index in [1.165, 1.54) is 16.2 Å². The molecule has 2 atom stereocenters. The number of aromatic amines is 1. The van der Waals surface area contributed by atoms with Gasteiger partial charge in [-0.3, -0.25) is 14.4 Å². The van der Waals surface area contributed by atoms with E-state index in [0.29, 0.717) is 22.3 Å². The van der Waals surface area contributed by atoms with E-state index in [-0.39, 0.29) is 11.8 Å². The zero-order chi connectivity index (χ0) is 23.3. The molecule has 0 saturated carbocycles. The average molecular weight is 487 g/mol. The molecule has 4 heterocycles. The summed E-state index contributed by atoms with van der Waals surface area (Å²) in [5, 5.41) is 7.44. The van der Waals surface area contributed by atoms with Gasteiger partial charge < -0.3 is 25.4 Å². The molecule has 11 heteroatoms. The molecule has 1 saturated heterocycles. The monoisotopic (exact) mass is 486 g/mol. The number of aromatic nitrogens is 2. The highest BCUT2D eigenvalue weighted by Crippen LogP contribution is 2.25. The van der Waals surface area contributed by atoms with Crippen molar-refractivity contribution in [2.75, 3.05) is 27.2 Å². The fraction of sp³-hybridized carbons (Fsp3) is 0.364. The van der Waals surface area contributed by atoms with Gasteiger partial charge in [-0.05, 0) is 31.3 Å². The minimum Gasteiger partial charge on any atom is -0.351 e. The maximum absolute atomic E-state index is 12.9. The second kappa shape index (κ2) is 8.44. The number of likely N-dealkylation sites (tertiary alicyclic amines) is 1. The zero-order valence-corrected chi connectivity index (χ0v) is 19.7. The van der Waals surface area contributed by atoms with Crippen molar-refractivity contribution in [3.05, 3.63) is 50.6 Å². The molecule has 0 radical (unpaired) electrons. The number of H-pyrrole nitrogens is 1. The fourth-order valence-corrected chi connectivity index (χ4v) is 5.56. The van der Waals surface area contributed by atoms with Crippen molar-refractivity contribution >= 4 is 51.6 Å². The van der Waals surface area contributed by atoms with Gasteiger partial charge in [-0.25, -0.2) is 4.98 Å². The highest BCUT2D eigenvalue weighted by atomic mass is 35.5. The van der Waals surface area contributed by atoms with E-state index in [0.717, 1.165) is 41.0 Å². The van der Waals surface area contributed by atoms with Crippen LogP contribution in [0, 0.1) is 0 Å². The Morgan fingerprint density at radius 3 is 2.85 bits per heavy atom. The number of carbonyl (C=O) groups excluding carboxylic acids is 3. The Bertz CT molecular complexity index is 1270. The first kappa shape index (κ1) is 21.9. The molecule has 0 bridgehead atoms. The van der Waals surface area contributed by atoms with Crippen molar-refractivity contribution in [1.29, 1.82) is 0 Å². The molecule has 3 amide bonds. The van der Waals surface area contributed by atoms with Crippen molar-refractivity contribution in [1.82, 2.24) is 30.4 Å². The van der Waals surface area contributed by atoms with Gasteiger partial charge in [-0.2, -0.15) is 0 Å². The second-order valence-electron chi connectivity index (χ2n) is 8.54. The standard InChI is InChI=1S/C22H23ClN6O3S/c1-28-6-5-14-17(10-28)33-21(26-14)20(31)25-16-9-29(2)22(32)18(16)27-19(30)15-8-11-7-12(23)3-4-13(11)24-15/h3-4,7-8,16,18,24H,5-6,9-10H2,1-2H3,(H,25,31)(H,27,30). The number of likely N-dealkylation sites (N-methyl/N-ethyl adjacent to an activating group) is 2. The van der Waals surface area contributed by atoms with Crippen LogP contribution in [0.2, 0.25) is 5.02 Å². The second-order valence-corrected chi connectivity index (χ2v) is 10.1. The summed E-state index contributed by atoms with van der Waals surface area (Å²) in [4.78, 5) is 50.9. The van der Waals surface area contributed by atoms with Crippen LogP contribution in [0.5, 0.6) is 0 Å². The Morgan fingerprint density at radius 1 is 1.21 bits per heavy atom. The number of rotatable bonds is 4. The van der Waals surface area contributed by atoms with Gasteiger partial charge in [-0.15, -0.1) is 11.3 Å². The molecule has 1 fully saturated rings. The zero-order valence-electron chi connectivity index (χ0n) is 18.1. The predicted octanol–water partition coefficient (Wildman–Crippen LogP) is 1.63. The van der Waals surface area contributed by atoms with Crippen LogP contribution in [-0.4, -0.2) is 76.8 Å². The number of hydrogen-bond acceptors (Lipinski definition) is 6. The van der Waals surface area contributed by atoms with Crippen LogP contribution in [0.3, 0.4) is 0 Å². The van der Waals surface area contributed by atoms with Crippen LogP contribution in [-0.2, 0) is 17.8 Å². The SMILES string of the molecule is CN1CCc2nc(C(=O)NC3CN(C)C(=O)C3NC(=O)c3cc4cc(Cl)ccc4[nH]3)sc2C1. The average Bonchev–Trinajstić information content (AvgIpc) is 3.45. The number of benzene rings is 1. The van der Waals surface area contributed by atoms with Crippen molar-refractivity contribution in [2.24, 2.45) is 0 Å². The molecule has 5 rings (SSSR count). The number of fused-ring (bicyclic) bond motifs is 2. The van der Waals surface area contributed by atoms with Gasteiger partial charge in [0.15, 0.2) is 5.01 Å². The quantitative estimate of drug-likeness (QED) is 0.519. The summed E-state index contributed by atoms with van der Waals surface area (Å²) in [5.41, 5.74) is 2.05. The lowest BCUT2D eigenvalue weighted by atomic mass is 10.1. The largest absolute Gasteiger partial charge is 0.351 e. The summed E-state index contributed by atoms with van der Waals surface area (Å²) in [6, 6.07) is 5.52. The number of amides is 3. The van der Waals surface area contributed by atoms with Crippen LogP contribution in [0.4, 0.5) is 0 Å². The van der Waals surface area contributed by atoms with Gasteiger partial charge in [-0.1, -0.05) is 11.6 Å². The van der Waals surface area contributed by atoms with Crippen LogP contribution < -0.4 is 10.6 Å². The summed E-state index contributed by atoms with van der Waals surface area (Å²) >= 11 is 7.41. The first-order valence-electron chi connectivity index (χ1n) is 10.6. The Labute approximate surface area is 199 Å². The third kappa shape index (κ3) is 4.21. The molecule has 1 aromatic carbocycles. The van der Waals surface area contributed by atoms with Crippen LogP contribution >= 0.6 is 22.9 Å². The fourth-order valence-electron chi connectivity index (χ4n) is 4.29. The molecule has 2 aromatic heterocycles. The van der Waals surface area contributed by atoms with Gasteiger partial charge in [0.05, 0.1) is 11.7 Å². The van der Waals surface area contributed by atoms with Gasteiger partial charge in [0.25, 0.3) is 11.8 Å². The number of hydrogen-bond donors (Lipinski definition) is 3. The third-order valence-electron chi connectivity index (χ3n) is 6.06. The lowest BCUT2D eigenvalue weighted by molar-refractivity contribution is -0.128. The van der Waals surface area contributed by atoms with E-state index in [1.807, 2.05) is 7.05 Å². The van der Waals surface area contributed by atoms with Gasteiger partial charge in [0.2, 0.25) is 5.91 Å². The van der Waals surface area contributed by atoms with Crippen molar-refractivity contribution in [2.45, 2.75) is 25.0 Å². The Morgan fingerprint density at radius 2 is 2.03 bits per heavy atom. The molecule has 2 aliphatic rings. The van der Waals surface area contributed by atoms with Gasteiger partial charge >= 0.3 is 0 Å². The Hall–Kier alpha value is -2.95. The molecular weight excluding hydrogens is 464 g/mol. The number of nitrogens with one attached hydrogen (secondary N) is 3. The first-order chi connectivity index (χ1) is 15.8. The normalized spacial score (nSPS) is 20.8. The first-order valence-corrected chi connectivity index (χ1v) is 11.8. The summed E-state index contributed by atoms with van der Waals surface area (Å²) < 4.78 is 0. The van der Waals surface area contributed by atoms with E-state index in [9.17, 15) is 14.4 Å². The van der Waals surface area contributed by atoms with E-state index in [2.05, 4.69) is 25.5 Å². The van der Waals surface area contributed by atoms with Crippen LogP contribution in [0.25, 0.3) is 10.9 Å². The van der Waals surface area contributed by atoms with Crippen molar-refractivity contribution in [3.8, 4) is 0 Å². The highest BCUT2D eigenvalue weighted by Gasteiger charge is 2.41. The lowest BCUT2D eigenvalue weighted by Gasteiger charge is -2.20. The van der Waals surface area contributed by atoms with Crippen LogP contribution in [0.15, 0.2) is 24.3 Å². The van der Waals surface area contributed by atoms with E-state index < -0.39 is 18.0 Å². The molecule has 2 aliphatic heterocycles. The summed E-state index contributed by atoms with van der Waals surface area (Å²) in [6.07, 6.45) is 0.814. The Balaban J connectivity index is 1.31. The van der Waals surface area contributed by atoms with Crippen LogP contribution in [0.1, 0.15) is 30.9 Å². The van der Waals surface area contributed by atoms with Gasteiger partial charge in [0, 0.05) is 53.9 Å². The molecule has 172 valence electrons. The number of thiazole rings is 1. The molecule has 3 aromatic rings. The molecule has 33 heavy (non-hydrogen) atoms. The van der Waals surface area contributed by atoms with E-state index in [4.69, 9.17) is 11.6 Å². The number of nitrogens with zero attached hydrogens (tertiary/aromatic N) is 3. The predicted molar refractivity (Wildman–Crippen MR) is 126 cm³/mol. The maximum atomic E-state index is 12.9. The third-order valence-corrected chi connectivity index (χ3v) is 7.38. The summed E-state index contributed by atoms with van der Waals surface area (Å²) in [5.74, 6) is -1.01. The molecule has 2 unspecified atom stereocenters. The topological polar surface area (TPSA) is 110 Å². The van der Waals surface area contributed by atoms with Crippen molar-refractivity contribution < 1.29 is 14.4 Å². The summed E-state index contributed by atoms with van der Waals surface area (Å²) in [7, 11) is 3.69. The molecule has 9 nitrogen and oxygen atoms in total. The smallest absolute Gasteiger partial charge is 0.280 e. The molecular formula is C22H23ClN6O3S. The molecule has 3 N–H and O–H groups in total. The number of halogens is 1. The molecule has 0 aliphatic carbocycles.